The molecule has 0 radical (unpaired) electrons. The molecule has 1 fully saturated rings. The van der Waals surface area contributed by atoms with Crippen LogP contribution in [-0.4, -0.2) is 31.6 Å². The van der Waals surface area contributed by atoms with Crippen LogP contribution in [0.2, 0.25) is 5.02 Å². The van der Waals surface area contributed by atoms with E-state index < -0.39 is 0 Å². The van der Waals surface area contributed by atoms with Gasteiger partial charge < -0.3 is 10.2 Å². The first-order valence-corrected chi connectivity index (χ1v) is 8.53. The van der Waals surface area contributed by atoms with Gasteiger partial charge in [0, 0.05) is 11.1 Å². The van der Waals surface area contributed by atoms with E-state index in [2.05, 4.69) is 36.2 Å². The van der Waals surface area contributed by atoms with E-state index in [0.717, 1.165) is 18.0 Å². The van der Waals surface area contributed by atoms with Crippen molar-refractivity contribution >= 4 is 11.6 Å². The number of hydrogen-bond donors (Lipinski definition) is 1. The van der Waals surface area contributed by atoms with Gasteiger partial charge in [0.1, 0.15) is 0 Å². The van der Waals surface area contributed by atoms with E-state index in [-0.39, 0.29) is 0 Å². The fourth-order valence-electron chi connectivity index (χ4n) is 3.22. The van der Waals surface area contributed by atoms with Crippen molar-refractivity contribution in [2.75, 3.05) is 26.7 Å². The fraction of sp³-hybridized carbons (Fsp3) is 0.667. The van der Waals surface area contributed by atoms with Crippen LogP contribution in [-0.2, 0) is 0 Å². The molecule has 0 amide bonds. The van der Waals surface area contributed by atoms with E-state index in [4.69, 9.17) is 11.6 Å². The molecule has 1 aromatic carbocycles. The summed E-state index contributed by atoms with van der Waals surface area (Å²) in [5, 5.41) is 4.26. The number of nitrogens with zero attached hydrogens (tertiary/aromatic N) is 1. The molecule has 2 rings (SSSR count). The van der Waals surface area contributed by atoms with Crippen molar-refractivity contribution in [2.45, 2.75) is 45.6 Å². The lowest BCUT2D eigenvalue weighted by Crippen LogP contribution is -2.29. The average molecular weight is 309 g/mol. The summed E-state index contributed by atoms with van der Waals surface area (Å²) in [6.45, 7) is 8.44. The molecule has 1 aliphatic rings. The van der Waals surface area contributed by atoms with E-state index in [1.165, 1.54) is 37.9 Å². The molecule has 1 unspecified atom stereocenters. The van der Waals surface area contributed by atoms with Gasteiger partial charge in [-0.3, -0.25) is 0 Å². The third-order valence-corrected chi connectivity index (χ3v) is 5.00. The third-order valence-electron chi connectivity index (χ3n) is 4.77. The van der Waals surface area contributed by atoms with Gasteiger partial charge in [-0.25, -0.2) is 0 Å². The van der Waals surface area contributed by atoms with E-state index in [0.29, 0.717) is 11.5 Å². The Labute approximate surface area is 134 Å². The minimum atomic E-state index is 0.389. The summed E-state index contributed by atoms with van der Waals surface area (Å²) in [6, 6.07) is 8.61. The maximum absolute atomic E-state index is 6.11. The topological polar surface area (TPSA) is 15.3 Å². The minimum Gasteiger partial charge on any atom is -0.313 e. The SMILES string of the molecule is CNC(CCN1CCCC(C)(C)CC1)c1cccc(Cl)c1. The number of nitrogens with one attached hydrogen (secondary N) is 1. The Morgan fingerprint density at radius 1 is 1.29 bits per heavy atom. The zero-order valence-corrected chi connectivity index (χ0v) is 14.4. The highest BCUT2D eigenvalue weighted by Gasteiger charge is 2.23. The molecule has 0 bridgehead atoms. The van der Waals surface area contributed by atoms with Crippen LogP contribution >= 0.6 is 11.6 Å². The molecule has 0 spiro atoms. The molecule has 1 heterocycles. The Hall–Kier alpha value is -0.570. The lowest BCUT2D eigenvalue weighted by Gasteiger charge is -2.25. The number of benzene rings is 1. The first-order valence-electron chi connectivity index (χ1n) is 8.15. The molecule has 0 aromatic heterocycles. The van der Waals surface area contributed by atoms with E-state index in [1.54, 1.807) is 0 Å². The second kappa shape index (κ2) is 7.62. The highest BCUT2D eigenvalue weighted by atomic mass is 35.5. The lowest BCUT2D eigenvalue weighted by atomic mass is 9.85. The zero-order chi connectivity index (χ0) is 15.3. The summed E-state index contributed by atoms with van der Waals surface area (Å²) in [5.41, 5.74) is 1.81. The lowest BCUT2D eigenvalue weighted by molar-refractivity contribution is 0.251. The minimum absolute atomic E-state index is 0.389. The van der Waals surface area contributed by atoms with Gasteiger partial charge in [0.2, 0.25) is 0 Å². The first kappa shape index (κ1) is 16.8. The van der Waals surface area contributed by atoms with Gasteiger partial charge in [0.25, 0.3) is 0 Å². The van der Waals surface area contributed by atoms with Crippen LogP contribution in [0, 0.1) is 5.41 Å². The van der Waals surface area contributed by atoms with Crippen molar-refractivity contribution in [2.24, 2.45) is 5.41 Å². The smallest absolute Gasteiger partial charge is 0.0409 e. The molecule has 2 nitrogen and oxygen atoms in total. The highest BCUT2D eigenvalue weighted by Crippen LogP contribution is 2.30. The maximum atomic E-state index is 6.11. The van der Waals surface area contributed by atoms with E-state index in [9.17, 15) is 0 Å². The van der Waals surface area contributed by atoms with Crippen LogP contribution in [0.1, 0.15) is 51.1 Å². The molecular formula is C18H29ClN2. The van der Waals surface area contributed by atoms with Gasteiger partial charge in [0.15, 0.2) is 0 Å². The molecule has 0 aliphatic carbocycles. The molecule has 1 aromatic rings. The van der Waals surface area contributed by atoms with Crippen molar-refractivity contribution < 1.29 is 0 Å². The van der Waals surface area contributed by atoms with Crippen molar-refractivity contribution in [1.82, 2.24) is 10.2 Å². The molecule has 3 heteroatoms. The second-order valence-corrected chi connectivity index (χ2v) is 7.48. The predicted octanol–water partition coefficient (Wildman–Crippen LogP) is 4.50. The van der Waals surface area contributed by atoms with Gasteiger partial charge in [0.05, 0.1) is 0 Å². The van der Waals surface area contributed by atoms with Crippen LogP contribution in [0.5, 0.6) is 0 Å². The summed E-state index contributed by atoms with van der Waals surface area (Å²) in [4.78, 5) is 2.63. The van der Waals surface area contributed by atoms with Crippen LogP contribution in [0.3, 0.4) is 0 Å². The summed E-state index contributed by atoms with van der Waals surface area (Å²) in [5.74, 6) is 0. The average Bonchev–Trinajstić information content (AvgIpc) is 2.61. The monoisotopic (exact) mass is 308 g/mol. The normalized spacial score (nSPS) is 21.0. The molecule has 1 N–H and O–H groups in total. The summed E-state index contributed by atoms with van der Waals surface area (Å²) < 4.78 is 0. The largest absolute Gasteiger partial charge is 0.313 e. The third kappa shape index (κ3) is 5.28. The van der Waals surface area contributed by atoms with Crippen LogP contribution < -0.4 is 5.32 Å². The molecule has 1 atom stereocenters. The highest BCUT2D eigenvalue weighted by molar-refractivity contribution is 6.30. The van der Waals surface area contributed by atoms with Crippen LogP contribution in [0.15, 0.2) is 24.3 Å². The Bertz CT molecular complexity index is 445. The quantitative estimate of drug-likeness (QED) is 0.861. The van der Waals surface area contributed by atoms with Crippen LogP contribution in [0.25, 0.3) is 0 Å². The van der Waals surface area contributed by atoms with Crippen molar-refractivity contribution in [3.8, 4) is 0 Å². The fourth-order valence-corrected chi connectivity index (χ4v) is 3.41. The standard InChI is InChI=1S/C18H29ClN2/c1-18(2)9-5-11-21(13-10-18)12-8-17(20-3)15-6-4-7-16(19)14-15/h4,6-7,14,17,20H,5,8-13H2,1-3H3. The Balaban J connectivity index is 1.88. The Morgan fingerprint density at radius 2 is 2.10 bits per heavy atom. The van der Waals surface area contributed by atoms with E-state index >= 15 is 0 Å². The van der Waals surface area contributed by atoms with E-state index in [1.807, 2.05) is 19.2 Å². The summed E-state index contributed by atoms with van der Waals surface area (Å²) in [7, 11) is 2.04. The molecular weight excluding hydrogens is 280 g/mol. The van der Waals surface area contributed by atoms with Crippen molar-refractivity contribution in [3.63, 3.8) is 0 Å². The number of likely N-dealkylation sites (tertiary alicyclic amines) is 1. The van der Waals surface area contributed by atoms with Gasteiger partial charge in [-0.05, 0) is 75.5 Å². The van der Waals surface area contributed by atoms with Gasteiger partial charge in [-0.15, -0.1) is 0 Å². The van der Waals surface area contributed by atoms with Gasteiger partial charge in [-0.1, -0.05) is 37.6 Å². The summed E-state index contributed by atoms with van der Waals surface area (Å²) >= 11 is 6.11. The van der Waals surface area contributed by atoms with Crippen molar-refractivity contribution in [1.29, 1.82) is 0 Å². The molecule has 1 saturated heterocycles. The molecule has 0 saturated carbocycles. The number of rotatable bonds is 5. The van der Waals surface area contributed by atoms with Crippen molar-refractivity contribution in [3.05, 3.63) is 34.9 Å². The zero-order valence-electron chi connectivity index (χ0n) is 13.7. The van der Waals surface area contributed by atoms with Gasteiger partial charge >= 0.3 is 0 Å². The molecule has 118 valence electrons. The van der Waals surface area contributed by atoms with Crippen LogP contribution in [0.4, 0.5) is 0 Å². The maximum Gasteiger partial charge on any atom is 0.0409 e. The second-order valence-electron chi connectivity index (χ2n) is 7.04. The Morgan fingerprint density at radius 3 is 2.81 bits per heavy atom. The first-order chi connectivity index (χ1) is 10.00. The molecule has 21 heavy (non-hydrogen) atoms. The number of halogens is 1. The Kier molecular flexibility index (Phi) is 6.09. The van der Waals surface area contributed by atoms with Gasteiger partial charge in [-0.2, -0.15) is 0 Å². The molecule has 1 aliphatic heterocycles. The summed E-state index contributed by atoms with van der Waals surface area (Å²) in [6.07, 6.45) is 5.13. The predicted molar refractivity (Wildman–Crippen MR) is 91.9 cm³/mol. The number of hydrogen-bond acceptors (Lipinski definition) is 2.